The molecule has 0 bridgehead atoms. The molecule has 1 aromatic rings. The van der Waals surface area contributed by atoms with Crippen LogP contribution in [-0.2, 0) is 0 Å². The monoisotopic (exact) mass is 220 g/mol. The Labute approximate surface area is 93.1 Å². The van der Waals surface area contributed by atoms with Crippen LogP contribution in [0.4, 0.5) is 5.82 Å². The van der Waals surface area contributed by atoms with Crippen LogP contribution in [0.3, 0.4) is 0 Å². The van der Waals surface area contributed by atoms with Crippen molar-refractivity contribution in [3.8, 4) is 6.07 Å². The fourth-order valence-corrected chi connectivity index (χ4v) is 2.11. The molecule has 5 heteroatoms. The zero-order chi connectivity index (χ0) is 10.7. The van der Waals surface area contributed by atoms with Gasteiger partial charge in [-0.25, -0.2) is 9.97 Å². The van der Waals surface area contributed by atoms with E-state index in [4.69, 9.17) is 5.26 Å². The summed E-state index contributed by atoms with van der Waals surface area (Å²) in [5, 5.41) is 12.0. The molecular weight excluding hydrogens is 208 g/mol. The molecule has 1 fully saturated rings. The molecule has 0 amide bonds. The van der Waals surface area contributed by atoms with Crippen LogP contribution in [0.25, 0.3) is 0 Å². The van der Waals surface area contributed by atoms with E-state index in [1.165, 1.54) is 19.0 Å². The second-order valence-electron chi connectivity index (χ2n) is 3.61. The van der Waals surface area contributed by atoms with Crippen LogP contribution in [-0.4, -0.2) is 27.5 Å². The highest BCUT2D eigenvalue weighted by molar-refractivity contribution is 8.00. The van der Waals surface area contributed by atoms with Crippen LogP contribution in [0.2, 0.25) is 0 Å². The Morgan fingerprint density at radius 3 is 2.87 bits per heavy atom. The zero-order valence-corrected chi connectivity index (χ0v) is 9.34. The second kappa shape index (κ2) is 4.07. The fraction of sp³-hybridized carbons (Fsp3) is 0.500. The van der Waals surface area contributed by atoms with Crippen molar-refractivity contribution in [2.45, 2.75) is 17.6 Å². The highest BCUT2D eigenvalue weighted by atomic mass is 32.2. The lowest BCUT2D eigenvalue weighted by molar-refractivity contribution is 0.934. The average molecular weight is 220 g/mol. The van der Waals surface area contributed by atoms with Crippen molar-refractivity contribution in [1.82, 2.24) is 9.97 Å². The largest absolute Gasteiger partial charge is 0.366 e. The summed E-state index contributed by atoms with van der Waals surface area (Å²) in [4.78, 5) is 8.06. The van der Waals surface area contributed by atoms with E-state index < -0.39 is 0 Å². The Hall–Kier alpha value is -1.28. The van der Waals surface area contributed by atoms with Gasteiger partial charge in [-0.3, -0.25) is 0 Å². The Kier molecular flexibility index (Phi) is 2.78. The van der Waals surface area contributed by atoms with Crippen LogP contribution in [0.15, 0.2) is 12.4 Å². The lowest BCUT2D eigenvalue weighted by atomic mass is 10.3. The van der Waals surface area contributed by atoms with E-state index in [2.05, 4.69) is 21.5 Å². The lowest BCUT2D eigenvalue weighted by Gasteiger charge is -2.13. The van der Waals surface area contributed by atoms with E-state index in [9.17, 15) is 0 Å². The third kappa shape index (κ3) is 2.21. The topological polar surface area (TPSA) is 61.6 Å². The van der Waals surface area contributed by atoms with Gasteiger partial charge in [0.15, 0.2) is 11.5 Å². The Morgan fingerprint density at radius 1 is 1.53 bits per heavy atom. The maximum atomic E-state index is 8.82. The molecule has 0 aliphatic heterocycles. The van der Waals surface area contributed by atoms with E-state index >= 15 is 0 Å². The Bertz CT molecular complexity index is 395. The number of rotatable bonds is 4. The van der Waals surface area contributed by atoms with E-state index in [1.807, 2.05) is 17.8 Å². The summed E-state index contributed by atoms with van der Waals surface area (Å²) >= 11 is 1.88. The zero-order valence-electron chi connectivity index (χ0n) is 8.53. The molecule has 0 aromatic carbocycles. The number of anilines is 1. The quantitative estimate of drug-likeness (QED) is 0.836. The molecule has 0 spiro atoms. The van der Waals surface area contributed by atoms with Gasteiger partial charge in [-0.2, -0.15) is 17.0 Å². The first-order valence-electron chi connectivity index (χ1n) is 4.80. The van der Waals surface area contributed by atoms with Gasteiger partial charge in [0.1, 0.15) is 6.07 Å². The van der Waals surface area contributed by atoms with Crippen molar-refractivity contribution >= 4 is 17.6 Å². The van der Waals surface area contributed by atoms with Crippen LogP contribution in [0.1, 0.15) is 18.5 Å². The minimum absolute atomic E-state index is 0.365. The van der Waals surface area contributed by atoms with Crippen LogP contribution >= 0.6 is 11.8 Å². The number of aromatic nitrogens is 2. The van der Waals surface area contributed by atoms with E-state index in [0.717, 1.165) is 6.54 Å². The Balaban J connectivity index is 2.02. The first-order chi connectivity index (χ1) is 7.29. The van der Waals surface area contributed by atoms with Crippen molar-refractivity contribution in [2.75, 3.05) is 18.1 Å². The summed E-state index contributed by atoms with van der Waals surface area (Å²) in [5.74, 6) is 0.598. The van der Waals surface area contributed by atoms with Gasteiger partial charge < -0.3 is 5.32 Å². The van der Waals surface area contributed by atoms with Crippen LogP contribution in [0.5, 0.6) is 0 Å². The summed E-state index contributed by atoms with van der Waals surface area (Å²) in [6.45, 7) is 0.863. The number of nitrogens with zero attached hydrogens (tertiary/aromatic N) is 3. The van der Waals surface area contributed by atoms with Crippen molar-refractivity contribution < 1.29 is 0 Å². The summed E-state index contributed by atoms with van der Waals surface area (Å²) in [6.07, 6.45) is 7.73. The number of hydrogen-bond acceptors (Lipinski definition) is 5. The van der Waals surface area contributed by atoms with E-state index in [1.54, 1.807) is 6.20 Å². The molecule has 0 unspecified atom stereocenters. The maximum Gasteiger partial charge on any atom is 0.182 e. The first-order valence-corrected chi connectivity index (χ1v) is 6.02. The van der Waals surface area contributed by atoms with Gasteiger partial charge in [0.2, 0.25) is 0 Å². The molecule has 1 aromatic heterocycles. The van der Waals surface area contributed by atoms with Gasteiger partial charge in [0.25, 0.3) is 0 Å². The highest BCUT2D eigenvalue weighted by Crippen LogP contribution is 2.46. The summed E-state index contributed by atoms with van der Waals surface area (Å²) in [6, 6.07) is 2.03. The minimum Gasteiger partial charge on any atom is -0.366 e. The number of nitriles is 1. The molecule has 0 radical (unpaired) electrons. The lowest BCUT2D eigenvalue weighted by Crippen LogP contribution is -2.18. The number of hydrogen-bond donors (Lipinski definition) is 1. The SMILES string of the molecule is CSC1(CNc2nccnc2C#N)CC1. The van der Waals surface area contributed by atoms with Gasteiger partial charge in [-0.05, 0) is 19.1 Å². The molecule has 15 heavy (non-hydrogen) atoms. The van der Waals surface area contributed by atoms with E-state index in [0.29, 0.717) is 16.3 Å². The molecule has 1 aliphatic carbocycles. The molecular formula is C10H12N4S. The summed E-state index contributed by atoms with van der Waals surface area (Å²) < 4.78 is 0.365. The molecule has 2 rings (SSSR count). The molecule has 0 saturated heterocycles. The summed E-state index contributed by atoms with van der Waals surface area (Å²) in [5.41, 5.74) is 0.370. The minimum atomic E-state index is 0.365. The predicted molar refractivity (Wildman–Crippen MR) is 60.7 cm³/mol. The normalized spacial score (nSPS) is 16.8. The van der Waals surface area contributed by atoms with Gasteiger partial charge in [-0.15, -0.1) is 0 Å². The van der Waals surface area contributed by atoms with Crippen molar-refractivity contribution in [2.24, 2.45) is 0 Å². The number of thioether (sulfide) groups is 1. The van der Waals surface area contributed by atoms with Crippen molar-refractivity contribution in [1.29, 1.82) is 5.26 Å². The van der Waals surface area contributed by atoms with Crippen molar-refractivity contribution in [3.63, 3.8) is 0 Å². The molecule has 1 saturated carbocycles. The van der Waals surface area contributed by atoms with Gasteiger partial charge >= 0.3 is 0 Å². The standard InChI is InChI=1S/C10H12N4S/c1-15-10(2-3-10)7-14-9-8(6-11)12-4-5-13-9/h4-5H,2-3,7H2,1H3,(H,13,14). The van der Waals surface area contributed by atoms with Crippen LogP contribution in [0, 0.1) is 11.3 Å². The average Bonchev–Trinajstić information content (AvgIpc) is 3.07. The van der Waals surface area contributed by atoms with Gasteiger partial charge in [0, 0.05) is 23.7 Å². The van der Waals surface area contributed by atoms with E-state index in [-0.39, 0.29) is 0 Å². The third-order valence-electron chi connectivity index (χ3n) is 2.62. The first kappa shape index (κ1) is 10.2. The molecule has 1 N–H and O–H groups in total. The second-order valence-corrected chi connectivity index (χ2v) is 4.88. The molecule has 1 aliphatic rings. The number of nitrogens with one attached hydrogen (secondary N) is 1. The maximum absolute atomic E-state index is 8.82. The van der Waals surface area contributed by atoms with Crippen molar-refractivity contribution in [3.05, 3.63) is 18.1 Å². The molecule has 1 heterocycles. The third-order valence-corrected chi connectivity index (χ3v) is 4.04. The predicted octanol–water partition coefficient (Wildman–Crippen LogP) is 1.66. The molecule has 78 valence electrons. The Morgan fingerprint density at radius 2 is 2.27 bits per heavy atom. The smallest absolute Gasteiger partial charge is 0.182 e. The fourth-order valence-electron chi connectivity index (χ4n) is 1.39. The van der Waals surface area contributed by atoms with Gasteiger partial charge in [0.05, 0.1) is 0 Å². The van der Waals surface area contributed by atoms with Crippen LogP contribution < -0.4 is 5.32 Å². The molecule has 4 nitrogen and oxygen atoms in total. The molecule has 0 atom stereocenters. The summed E-state index contributed by atoms with van der Waals surface area (Å²) in [7, 11) is 0. The highest BCUT2D eigenvalue weighted by Gasteiger charge is 2.41. The van der Waals surface area contributed by atoms with Gasteiger partial charge in [-0.1, -0.05) is 0 Å².